The molecule has 0 saturated heterocycles. The Kier molecular flexibility index (Phi) is 8.92. The highest BCUT2D eigenvalue weighted by Gasteiger charge is 2.24. The lowest BCUT2D eigenvalue weighted by molar-refractivity contribution is -0.129. The van der Waals surface area contributed by atoms with Gasteiger partial charge in [0.2, 0.25) is 5.91 Å². The average Bonchev–Trinajstić information content (AvgIpc) is 3.28. The van der Waals surface area contributed by atoms with Gasteiger partial charge in [0.25, 0.3) is 0 Å². The molecule has 39 heavy (non-hydrogen) atoms. The number of aryl methyl sites for hydroxylation is 1. The first-order valence-corrected chi connectivity index (χ1v) is 13.3. The van der Waals surface area contributed by atoms with Crippen molar-refractivity contribution in [3.63, 3.8) is 0 Å². The Balaban J connectivity index is 1.71. The number of carbonyl (C=O) groups is 2. The van der Waals surface area contributed by atoms with Crippen molar-refractivity contribution in [1.29, 1.82) is 0 Å². The van der Waals surface area contributed by atoms with Gasteiger partial charge in [-0.25, -0.2) is 0 Å². The predicted octanol–water partition coefficient (Wildman–Crippen LogP) is 6.83. The van der Waals surface area contributed by atoms with Gasteiger partial charge in [0.05, 0.1) is 17.8 Å². The molecule has 1 aromatic heterocycles. The summed E-state index contributed by atoms with van der Waals surface area (Å²) in [5.74, 6) is 0.0724. The zero-order valence-electron chi connectivity index (χ0n) is 23.0. The fraction of sp³-hybridized carbons (Fsp3) is 0.312. The third kappa shape index (κ3) is 6.25. The molecule has 0 N–H and O–H groups in total. The number of fused-ring (bicyclic) bond motifs is 1. The van der Waals surface area contributed by atoms with E-state index in [0.717, 1.165) is 52.7 Å². The average molecular weight is 526 g/mol. The number of aromatic nitrogens is 1. The van der Waals surface area contributed by atoms with Crippen LogP contribution in [0.15, 0.2) is 78.0 Å². The molecule has 0 aliphatic carbocycles. The molecule has 0 bridgehead atoms. The van der Waals surface area contributed by atoms with Crippen molar-refractivity contribution >= 4 is 22.7 Å². The number of amides is 2. The van der Waals surface area contributed by atoms with Gasteiger partial charge in [0.1, 0.15) is 12.3 Å². The third-order valence-electron chi connectivity index (χ3n) is 7.18. The lowest BCUT2D eigenvalue weighted by Crippen LogP contribution is -2.26. The van der Waals surface area contributed by atoms with Gasteiger partial charge >= 0.3 is 5.91 Å². The molecular formula is C32H35N3O4. The van der Waals surface area contributed by atoms with Crippen molar-refractivity contribution in [3.05, 3.63) is 94.4 Å². The van der Waals surface area contributed by atoms with Crippen LogP contribution in [0.4, 0.5) is 0 Å². The predicted molar refractivity (Wildman–Crippen MR) is 155 cm³/mol. The van der Waals surface area contributed by atoms with Gasteiger partial charge in [-0.3, -0.25) is 9.59 Å². The first-order valence-electron chi connectivity index (χ1n) is 13.3. The van der Waals surface area contributed by atoms with Gasteiger partial charge in [0, 0.05) is 30.2 Å². The van der Waals surface area contributed by atoms with Gasteiger partial charge in [-0.1, -0.05) is 50.2 Å². The second-order valence-electron chi connectivity index (χ2n) is 10.0. The Bertz CT molecular complexity index is 1460. The Labute approximate surface area is 229 Å². The van der Waals surface area contributed by atoms with E-state index in [-0.39, 0.29) is 23.9 Å². The van der Waals surface area contributed by atoms with Crippen LogP contribution in [-0.4, -0.2) is 42.0 Å². The standard InChI is InChI=1S/C32H35N3O4/c1-5-22(2)30-27-18-15-25(32(37)33-38)20-28(27)35(21-29(36)34(3)4)31(30)24-13-16-26(17-14-24)39-19-9-12-23-10-7-6-8-11-23/h6-8,10-11,13-18,20,22H,5,9,12,19,21H2,1-4H3. The summed E-state index contributed by atoms with van der Waals surface area (Å²) < 4.78 is 7.97. The highest BCUT2D eigenvalue weighted by atomic mass is 16.5. The molecule has 0 radical (unpaired) electrons. The molecule has 0 spiro atoms. The number of benzene rings is 3. The van der Waals surface area contributed by atoms with E-state index in [1.165, 1.54) is 5.56 Å². The number of ether oxygens (including phenoxy) is 1. The topological polar surface area (TPSA) is 81.0 Å². The monoisotopic (exact) mass is 525 g/mol. The molecule has 1 atom stereocenters. The molecule has 0 aliphatic heterocycles. The molecular weight excluding hydrogens is 490 g/mol. The smallest absolute Gasteiger partial charge is 0.316 e. The quantitative estimate of drug-likeness (QED) is 0.159. The second kappa shape index (κ2) is 12.5. The van der Waals surface area contributed by atoms with Crippen molar-refractivity contribution in [2.45, 2.75) is 45.6 Å². The van der Waals surface area contributed by atoms with Crippen LogP contribution in [-0.2, 0) is 17.8 Å². The molecule has 4 aromatic rings. The molecule has 0 saturated carbocycles. The number of carbonyl (C=O) groups excluding carboxylic acids is 2. The van der Waals surface area contributed by atoms with Gasteiger partial charge in [-0.2, -0.15) is 0 Å². The number of nitrogens with zero attached hydrogens (tertiary/aromatic N) is 3. The summed E-state index contributed by atoms with van der Waals surface area (Å²) in [7, 11) is 3.44. The van der Waals surface area contributed by atoms with Crippen LogP contribution in [0.25, 0.3) is 22.2 Å². The van der Waals surface area contributed by atoms with Crippen molar-refractivity contribution in [3.8, 4) is 17.0 Å². The fourth-order valence-electron chi connectivity index (χ4n) is 4.84. The lowest BCUT2D eigenvalue weighted by Gasteiger charge is -2.17. The lowest BCUT2D eigenvalue weighted by atomic mass is 9.92. The van der Waals surface area contributed by atoms with Crippen molar-refractivity contribution < 1.29 is 14.3 Å². The molecule has 3 aromatic carbocycles. The van der Waals surface area contributed by atoms with Crippen LogP contribution in [0.5, 0.6) is 5.75 Å². The van der Waals surface area contributed by atoms with E-state index in [0.29, 0.717) is 6.61 Å². The van der Waals surface area contributed by atoms with Crippen molar-refractivity contribution in [2.75, 3.05) is 20.7 Å². The molecule has 1 unspecified atom stereocenters. The van der Waals surface area contributed by atoms with E-state index < -0.39 is 5.91 Å². The van der Waals surface area contributed by atoms with Crippen molar-refractivity contribution in [2.24, 2.45) is 5.18 Å². The number of hydrogen-bond acceptors (Lipinski definition) is 4. The van der Waals surface area contributed by atoms with Crippen LogP contribution in [0.1, 0.15) is 54.1 Å². The molecule has 202 valence electrons. The van der Waals surface area contributed by atoms with E-state index in [9.17, 15) is 14.5 Å². The SMILES string of the molecule is CCC(C)c1c(-c2ccc(OCCCc3ccccc3)cc2)n(CC(=O)N(C)C)c2cc(C(=O)N=O)ccc12. The zero-order chi connectivity index (χ0) is 27.9. The Morgan fingerprint density at radius 1 is 1.00 bits per heavy atom. The molecule has 0 aliphatic rings. The fourth-order valence-corrected chi connectivity index (χ4v) is 4.84. The largest absolute Gasteiger partial charge is 0.494 e. The Morgan fingerprint density at radius 2 is 1.72 bits per heavy atom. The number of hydrogen-bond donors (Lipinski definition) is 0. The van der Waals surface area contributed by atoms with E-state index in [1.807, 2.05) is 53.1 Å². The zero-order valence-corrected chi connectivity index (χ0v) is 23.0. The van der Waals surface area contributed by atoms with Gasteiger partial charge in [-0.05, 0) is 78.3 Å². The molecule has 7 nitrogen and oxygen atoms in total. The normalized spacial score (nSPS) is 11.8. The second-order valence-corrected chi connectivity index (χ2v) is 10.0. The van der Waals surface area contributed by atoms with Crippen LogP contribution in [0, 0.1) is 4.91 Å². The van der Waals surface area contributed by atoms with Crippen LogP contribution >= 0.6 is 0 Å². The number of likely N-dealkylation sites (N-methyl/N-ethyl adjacent to an activating group) is 1. The minimum atomic E-state index is -0.830. The summed E-state index contributed by atoms with van der Waals surface area (Å²) in [6.07, 6.45) is 2.77. The van der Waals surface area contributed by atoms with Crippen LogP contribution < -0.4 is 4.74 Å². The van der Waals surface area contributed by atoms with Gasteiger partial charge in [0.15, 0.2) is 0 Å². The first-order chi connectivity index (χ1) is 18.8. The summed E-state index contributed by atoms with van der Waals surface area (Å²) in [4.78, 5) is 37.5. The maximum Gasteiger partial charge on any atom is 0.316 e. The first kappa shape index (κ1) is 27.8. The highest BCUT2D eigenvalue weighted by molar-refractivity contribution is 6.01. The van der Waals surface area contributed by atoms with Crippen molar-refractivity contribution in [1.82, 2.24) is 9.47 Å². The van der Waals surface area contributed by atoms with E-state index >= 15 is 0 Å². The Morgan fingerprint density at radius 3 is 2.36 bits per heavy atom. The molecule has 7 heteroatoms. The molecule has 0 fully saturated rings. The molecule has 1 heterocycles. The summed E-state index contributed by atoms with van der Waals surface area (Å²) in [6, 6.07) is 23.5. The minimum absolute atomic E-state index is 0.0764. The molecule has 4 rings (SSSR count). The van der Waals surface area contributed by atoms with Crippen LogP contribution in [0.3, 0.4) is 0 Å². The number of rotatable bonds is 11. The summed E-state index contributed by atoms with van der Waals surface area (Å²) in [6.45, 7) is 5.00. The van der Waals surface area contributed by atoms with Crippen LogP contribution in [0.2, 0.25) is 0 Å². The maximum absolute atomic E-state index is 12.9. The van der Waals surface area contributed by atoms with E-state index in [1.54, 1.807) is 31.1 Å². The maximum atomic E-state index is 12.9. The molecule has 2 amide bonds. The van der Waals surface area contributed by atoms with Gasteiger partial charge in [-0.15, -0.1) is 4.91 Å². The van der Waals surface area contributed by atoms with E-state index in [2.05, 4.69) is 31.2 Å². The van der Waals surface area contributed by atoms with E-state index in [4.69, 9.17) is 4.74 Å². The summed E-state index contributed by atoms with van der Waals surface area (Å²) in [5.41, 5.74) is 5.21. The van der Waals surface area contributed by atoms with Gasteiger partial charge < -0.3 is 14.2 Å². The summed E-state index contributed by atoms with van der Waals surface area (Å²) >= 11 is 0. The minimum Gasteiger partial charge on any atom is -0.494 e. The highest BCUT2D eigenvalue weighted by Crippen LogP contribution is 2.40. The Hall–Kier alpha value is -4.26. The third-order valence-corrected chi connectivity index (χ3v) is 7.18. The summed E-state index contributed by atoms with van der Waals surface area (Å²) in [5, 5.41) is 3.55. The number of nitroso groups, excluding NO2 is 1.